The number of halogens is 1. The lowest BCUT2D eigenvalue weighted by Crippen LogP contribution is -2.52. The quantitative estimate of drug-likeness (QED) is 0.597. The number of amides is 1. The van der Waals surface area contributed by atoms with Crippen LogP contribution in [0.4, 0.5) is 0 Å². The van der Waals surface area contributed by atoms with Crippen LogP contribution in [0.1, 0.15) is 0 Å². The van der Waals surface area contributed by atoms with Gasteiger partial charge in [0.15, 0.2) is 0 Å². The second kappa shape index (κ2) is 7.44. The average molecular weight is 239 g/mol. The van der Waals surface area contributed by atoms with Gasteiger partial charge in [0.1, 0.15) is 12.6 Å². The predicted octanol–water partition coefficient (Wildman–Crippen LogP) is -1.31. The topological polar surface area (TPSA) is 76.7 Å². The van der Waals surface area contributed by atoms with Crippen LogP contribution in [0.5, 0.6) is 0 Å². The van der Waals surface area contributed by atoms with E-state index >= 15 is 0 Å². The van der Waals surface area contributed by atoms with Crippen LogP contribution in [0.15, 0.2) is 0 Å². The zero-order valence-corrected chi connectivity index (χ0v) is 9.26. The standard InChI is InChI=1S/C8H14N2O4.ClH/c1-13-7(11)4-10-8(12)6-5-14-3-2-9-6;/h6,9H,2-5H2,1H3,(H,10,12);1H. The van der Waals surface area contributed by atoms with E-state index in [4.69, 9.17) is 4.74 Å². The Kier molecular flexibility index (Phi) is 7.02. The Hall–Kier alpha value is -0.850. The van der Waals surface area contributed by atoms with Gasteiger partial charge in [0.2, 0.25) is 5.91 Å². The van der Waals surface area contributed by atoms with Crippen molar-refractivity contribution in [2.24, 2.45) is 0 Å². The highest BCUT2D eigenvalue weighted by Gasteiger charge is 2.21. The van der Waals surface area contributed by atoms with Gasteiger partial charge < -0.3 is 20.1 Å². The average Bonchev–Trinajstić information content (AvgIpc) is 2.26. The third-order valence-electron chi connectivity index (χ3n) is 1.87. The van der Waals surface area contributed by atoms with E-state index in [9.17, 15) is 9.59 Å². The number of hydrogen-bond acceptors (Lipinski definition) is 5. The van der Waals surface area contributed by atoms with Gasteiger partial charge in [-0.05, 0) is 0 Å². The zero-order valence-electron chi connectivity index (χ0n) is 8.45. The molecule has 0 aromatic carbocycles. The maximum Gasteiger partial charge on any atom is 0.325 e. The molecule has 0 radical (unpaired) electrons. The number of carbonyl (C=O) groups is 2. The molecular weight excluding hydrogens is 224 g/mol. The highest BCUT2D eigenvalue weighted by atomic mass is 35.5. The van der Waals surface area contributed by atoms with E-state index in [0.29, 0.717) is 19.8 Å². The van der Waals surface area contributed by atoms with Gasteiger partial charge in [0.05, 0.1) is 20.3 Å². The van der Waals surface area contributed by atoms with Gasteiger partial charge in [-0.1, -0.05) is 0 Å². The molecule has 15 heavy (non-hydrogen) atoms. The summed E-state index contributed by atoms with van der Waals surface area (Å²) in [4.78, 5) is 22.1. The van der Waals surface area contributed by atoms with E-state index in [2.05, 4.69) is 15.4 Å². The van der Waals surface area contributed by atoms with Crippen molar-refractivity contribution in [1.82, 2.24) is 10.6 Å². The van der Waals surface area contributed by atoms with E-state index in [1.165, 1.54) is 7.11 Å². The number of morpholine rings is 1. The lowest BCUT2D eigenvalue weighted by molar-refractivity contribution is -0.141. The smallest absolute Gasteiger partial charge is 0.325 e. The molecule has 0 aromatic rings. The van der Waals surface area contributed by atoms with Crippen LogP contribution in [0.2, 0.25) is 0 Å². The molecule has 1 unspecified atom stereocenters. The van der Waals surface area contributed by atoms with E-state index in [1.54, 1.807) is 0 Å². The number of ether oxygens (including phenoxy) is 2. The molecule has 1 saturated heterocycles. The van der Waals surface area contributed by atoms with Crippen molar-refractivity contribution in [2.45, 2.75) is 6.04 Å². The molecule has 2 N–H and O–H groups in total. The van der Waals surface area contributed by atoms with Crippen molar-refractivity contribution >= 4 is 24.3 Å². The van der Waals surface area contributed by atoms with Gasteiger partial charge in [-0.15, -0.1) is 12.4 Å². The van der Waals surface area contributed by atoms with Crippen molar-refractivity contribution in [3.63, 3.8) is 0 Å². The fourth-order valence-electron chi connectivity index (χ4n) is 1.09. The first-order chi connectivity index (χ1) is 6.74. The number of methoxy groups -OCH3 is 1. The van der Waals surface area contributed by atoms with Gasteiger partial charge in [-0.25, -0.2) is 0 Å². The van der Waals surface area contributed by atoms with E-state index in [-0.39, 0.29) is 30.9 Å². The van der Waals surface area contributed by atoms with E-state index in [0.717, 1.165) is 0 Å². The van der Waals surface area contributed by atoms with Crippen LogP contribution in [0.3, 0.4) is 0 Å². The molecule has 7 heteroatoms. The normalized spacial score (nSPS) is 19.9. The molecule has 0 bridgehead atoms. The summed E-state index contributed by atoms with van der Waals surface area (Å²) in [6.07, 6.45) is 0. The largest absolute Gasteiger partial charge is 0.468 e. The number of esters is 1. The molecule has 0 saturated carbocycles. The molecule has 1 aliphatic heterocycles. The number of hydrogen-bond donors (Lipinski definition) is 2. The van der Waals surface area contributed by atoms with Crippen LogP contribution in [-0.2, 0) is 19.1 Å². The lowest BCUT2D eigenvalue weighted by atomic mass is 10.2. The van der Waals surface area contributed by atoms with Crippen molar-refractivity contribution in [2.75, 3.05) is 33.4 Å². The van der Waals surface area contributed by atoms with E-state index < -0.39 is 5.97 Å². The Morgan fingerprint density at radius 3 is 2.87 bits per heavy atom. The minimum Gasteiger partial charge on any atom is -0.468 e. The molecule has 1 rings (SSSR count). The fourth-order valence-corrected chi connectivity index (χ4v) is 1.09. The minimum atomic E-state index is -0.463. The van der Waals surface area contributed by atoms with Gasteiger partial charge >= 0.3 is 5.97 Å². The van der Waals surface area contributed by atoms with Crippen molar-refractivity contribution in [3.8, 4) is 0 Å². The molecule has 0 aliphatic carbocycles. The van der Waals surface area contributed by atoms with Crippen molar-refractivity contribution in [1.29, 1.82) is 0 Å². The second-order valence-corrected chi connectivity index (χ2v) is 2.88. The Balaban J connectivity index is 0.00000196. The van der Waals surface area contributed by atoms with Crippen molar-refractivity contribution in [3.05, 3.63) is 0 Å². The Bertz CT molecular complexity index is 219. The van der Waals surface area contributed by atoms with E-state index in [1.807, 2.05) is 0 Å². The molecular formula is C8H15ClN2O4. The van der Waals surface area contributed by atoms with Crippen molar-refractivity contribution < 1.29 is 19.1 Å². The molecule has 0 aromatic heterocycles. The Morgan fingerprint density at radius 1 is 1.60 bits per heavy atom. The summed E-state index contributed by atoms with van der Waals surface area (Å²) >= 11 is 0. The molecule has 1 atom stereocenters. The number of rotatable bonds is 3. The first-order valence-corrected chi connectivity index (χ1v) is 4.39. The highest BCUT2D eigenvalue weighted by Crippen LogP contribution is 1.92. The van der Waals surface area contributed by atoms with Crippen LogP contribution < -0.4 is 10.6 Å². The summed E-state index contributed by atoms with van der Waals surface area (Å²) in [6.45, 7) is 1.50. The van der Waals surface area contributed by atoms with Gasteiger partial charge in [0, 0.05) is 6.54 Å². The maximum atomic E-state index is 11.4. The summed E-state index contributed by atoms with van der Waals surface area (Å²) in [5.41, 5.74) is 0. The summed E-state index contributed by atoms with van der Waals surface area (Å²) in [6, 6.07) is -0.367. The Morgan fingerprint density at radius 2 is 2.33 bits per heavy atom. The van der Waals surface area contributed by atoms with Gasteiger partial charge in [-0.2, -0.15) is 0 Å². The van der Waals surface area contributed by atoms with Crippen LogP contribution >= 0.6 is 12.4 Å². The molecule has 1 fully saturated rings. The third-order valence-corrected chi connectivity index (χ3v) is 1.87. The summed E-state index contributed by atoms with van der Waals surface area (Å²) in [7, 11) is 1.27. The monoisotopic (exact) mass is 238 g/mol. The molecule has 0 spiro atoms. The highest BCUT2D eigenvalue weighted by molar-refractivity contribution is 5.86. The van der Waals surface area contributed by atoms with Gasteiger partial charge in [-0.3, -0.25) is 9.59 Å². The van der Waals surface area contributed by atoms with Crippen LogP contribution in [-0.4, -0.2) is 51.3 Å². The summed E-state index contributed by atoms with van der Waals surface area (Å²) in [5.74, 6) is -0.704. The Labute approximate surface area is 94.1 Å². The maximum absolute atomic E-state index is 11.4. The minimum absolute atomic E-state index is 0. The van der Waals surface area contributed by atoms with Crippen LogP contribution in [0.25, 0.3) is 0 Å². The first kappa shape index (κ1) is 14.2. The molecule has 1 amide bonds. The summed E-state index contributed by atoms with van der Waals surface area (Å²) < 4.78 is 9.48. The fraction of sp³-hybridized carbons (Fsp3) is 0.750. The molecule has 1 aliphatic rings. The summed E-state index contributed by atoms with van der Waals surface area (Å²) in [5, 5.41) is 5.42. The third kappa shape index (κ3) is 4.96. The molecule has 1 heterocycles. The predicted molar refractivity (Wildman–Crippen MR) is 54.9 cm³/mol. The zero-order chi connectivity index (χ0) is 10.4. The number of nitrogens with one attached hydrogen (secondary N) is 2. The number of carbonyl (C=O) groups excluding carboxylic acids is 2. The second-order valence-electron chi connectivity index (χ2n) is 2.88. The first-order valence-electron chi connectivity index (χ1n) is 4.39. The van der Waals surface area contributed by atoms with Crippen LogP contribution in [0, 0.1) is 0 Å². The van der Waals surface area contributed by atoms with Gasteiger partial charge in [0.25, 0.3) is 0 Å². The molecule has 88 valence electrons. The lowest BCUT2D eigenvalue weighted by Gasteiger charge is -2.22. The SMILES string of the molecule is COC(=O)CNC(=O)C1COCCN1.Cl. The molecule has 6 nitrogen and oxygen atoms in total.